The van der Waals surface area contributed by atoms with Crippen LogP contribution >= 0.6 is 0 Å². The van der Waals surface area contributed by atoms with Crippen molar-refractivity contribution in [3.63, 3.8) is 0 Å². The van der Waals surface area contributed by atoms with Crippen LogP contribution in [0, 0.1) is 11.8 Å². The van der Waals surface area contributed by atoms with Gasteiger partial charge in [-0.05, 0) is 38.1 Å². The van der Waals surface area contributed by atoms with E-state index in [2.05, 4.69) is 12.2 Å². The molecule has 2 atom stereocenters. The minimum atomic E-state index is -2.84. The Bertz CT molecular complexity index is 307. The molecule has 0 aromatic rings. The molecule has 102 valence electrons. The molecule has 1 aliphatic rings. The molecule has 0 amide bonds. The molecule has 0 aromatic heterocycles. The summed E-state index contributed by atoms with van der Waals surface area (Å²) in [6.07, 6.45) is 8.07. The smallest absolute Gasteiger partial charge is 0.147 e. The number of rotatable bonds is 6. The fourth-order valence-corrected chi connectivity index (χ4v) is 3.92. The average molecular weight is 261 g/mol. The van der Waals surface area contributed by atoms with Crippen LogP contribution in [0.4, 0.5) is 0 Å². The summed E-state index contributed by atoms with van der Waals surface area (Å²) in [7, 11) is -2.84. The van der Waals surface area contributed by atoms with E-state index in [0.717, 1.165) is 12.5 Å². The first kappa shape index (κ1) is 15.0. The van der Waals surface area contributed by atoms with E-state index in [1.54, 1.807) is 0 Å². The molecule has 17 heavy (non-hydrogen) atoms. The highest BCUT2D eigenvalue weighted by Gasteiger charge is 2.20. The van der Waals surface area contributed by atoms with Crippen molar-refractivity contribution in [1.29, 1.82) is 0 Å². The molecule has 0 aromatic carbocycles. The normalized spacial score (nSPS) is 22.3. The first-order chi connectivity index (χ1) is 7.88. The van der Waals surface area contributed by atoms with Crippen molar-refractivity contribution in [2.75, 3.05) is 18.6 Å². The Morgan fingerprint density at radius 1 is 1.18 bits per heavy atom. The van der Waals surface area contributed by atoms with E-state index in [4.69, 9.17) is 0 Å². The second-order valence-electron chi connectivity index (χ2n) is 5.79. The fourth-order valence-electron chi connectivity index (χ4n) is 2.76. The lowest BCUT2D eigenvalue weighted by molar-refractivity contribution is 0.276. The summed E-state index contributed by atoms with van der Waals surface area (Å²) in [6, 6.07) is 0.525. The molecule has 1 fully saturated rings. The molecule has 1 rings (SSSR count). The van der Waals surface area contributed by atoms with Crippen molar-refractivity contribution in [2.24, 2.45) is 11.8 Å². The Morgan fingerprint density at radius 3 is 2.29 bits per heavy atom. The van der Waals surface area contributed by atoms with Gasteiger partial charge in [0.2, 0.25) is 0 Å². The highest BCUT2D eigenvalue weighted by Crippen LogP contribution is 2.26. The molecular formula is C13H27NO2S. The van der Waals surface area contributed by atoms with Crippen LogP contribution < -0.4 is 5.32 Å². The quantitative estimate of drug-likeness (QED) is 0.797. The Balaban J connectivity index is 2.24. The van der Waals surface area contributed by atoms with Gasteiger partial charge < -0.3 is 5.32 Å². The van der Waals surface area contributed by atoms with Gasteiger partial charge in [0.05, 0.1) is 5.75 Å². The van der Waals surface area contributed by atoms with Crippen molar-refractivity contribution in [3.8, 4) is 0 Å². The summed E-state index contributed by atoms with van der Waals surface area (Å²) in [5, 5.41) is 3.51. The van der Waals surface area contributed by atoms with Crippen LogP contribution in [0.1, 0.15) is 46.0 Å². The maximum atomic E-state index is 11.2. The van der Waals surface area contributed by atoms with E-state index in [1.807, 2.05) is 6.92 Å². The molecule has 0 unspecified atom stereocenters. The molecule has 0 aliphatic heterocycles. The summed E-state index contributed by atoms with van der Waals surface area (Å²) in [4.78, 5) is 0. The van der Waals surface area contributed by atoms with Crippen LogP contribution in [0.15, 0.2) is 0 Å². The number of hydrogen-bond acceptors (Lipinski definition) is 3. The highest BCUT2D eigenvalue weighted by molar-refractivity contribution is 7.90. The van der Waals surface area contributed by atoms with E-state index in [-0.39, 0.29) is 11.7 Å². The SMILES string of the molecule is C[C@@H](CN[C@@H](C)C1CCCCC1)CS(C)(=O)=O. The Labute approximate surface area is 106 Å². The lowest BCUT2D eigenvalue weighted by Crippen LogP contribution is -2.38. The summed E-state index contributed by atoms with van der Waals surface area (Å²) in [6.45, 7) is 5.05. The minimum absolute atomic E-state index is 0.205. The van der Waals surface area contributed by atoms with Gasteiger partial charge in [-0.25, -0.2) is 8.42 Å². The van der Waals surface area contributed by atoms with Crippen molar-refractivity contribution >= 4 is 9.84 Å². The van der Waals surface area contributed by atoms with Crippen molar-refractivity contribution < 1.29 is 8.42 Å². The zero-order valence-corrected chi connectivity index (χ0v) is 12.2. The second-order valence-corrected chi connectivity index (χ2v) is 7.98. The second kappa shape index (κ2) is 6.74. The van der Waals surface area contributed by atoms with Crippen LogP contribution in [0.3, 0.4) is 0 Å². The zero-order valence-electron chi connectivity index (χ0n) is 11.4. The number of nitrogens with one attached hydrogen (secondary N) is 1. The van der Waals surface area contributed by atoms with E-state index in [9.17, 15) is 8.42 Å². The van der Waals surface area contributed by atoms with Gasteiger partial charge in [0.1, 0.15) is 9.84 Å². The monoisotopic (exact) mass is 261 g/mol. The van der Waals surface area contributed by atoms with Crippen molar-refractivity contribution in [2.45, 2.75) is 52.0 Å². The molecule has 1 aliphatic carbocycles. The standard InChI is InChI=1S/C13H27NO2S/c1-11(10-17(3,15)16)9-14-12(2)13-7-5-4-6-8-13/h11-14H,4-10H2,1-3H3/t11-,12-/m0/s1. The van der Waals surface area contributed by atoms with Gasteiger partial charge in [0, 0.05) is 12.3 Å². The Morgan fingerprint density at radius 2 is 1.76 bits per heavy atom. The molecule has 0 heterocycles. The Kier molecular flexibility index (Phi) is 5.93. The van der Waals surface area contributed by atoms with Crippen LogP contribution in [0.2, 0.25) is 0 Å². The third-order valence-corrected chi connectivity index (χ3v) is 4.91. The van der Waals surface area contributed by atoms with Crippen LogP contribution in [0.25, 0.3) is 0 Å². The lowest BCUT2D eigenvalue weighted by atomic mass is 9.84. The molecule has 4 heteroatoms. The van der Waals surface area contributed by atoms with E-state index >= 15 is 0 Å². The zero-order chi connectivity index (χ0) is 12.9. The first-order valence-corrected chi connectivity index (χ1v) is 8.85. The topological polar surface area (TPSA) is 46.2 Å². The number of hydrogen-bond donors (Lipinski definition) is 1. The summed E-state index contributed by atoms with van der Waals surface area (Å²) in [5.74, 6) is 1.28. The summed E-state index contributed by atoms with van der Waals surface area (Å²) in [5.41, 5.74) is 0. The number of sulfone groups is 1. The largest absolute Gasteiger partial charge is 0.314 e. The van der Waals surface area contributed by atoms with Crippen LogP contribution in [0.5, 0.6) is 0 Å². The third-order valence-electron chi connectivity index (χ3n) is 3.73. The molecule has 0 radical (unpaired) electrons. The van der Waals surface area contributed by atoms with Gasteiger partial charge in [0.15, 0.2) is 0 Å². The van der Waals surface area contributed by atoms with Gasteiger partial charge in [-0.1, -0.05) is 26.2 Å². The summed E-state index contributed by atoms with van der Waals surface area (Å²) >= 11 is 0. The predicted molar refractivity (Wildman–Crippen MR) is 72.9 cm³/mol. The van der Waals surface area contributed by atoms with Gasteiger partial charge in [-0.2, -0.15) is 0 Å². The Hall–Kier alpha value is -0.0900. The summed E-state index contributed by atoms with van der Waals surface area (Å²) < 4.78 is 22.3. The van der Waals surface area contributed by atoms with E-state index in [0.29, 0.717) is 6.04 Å². The predicted octanol–water partition coefficient (Wildman–Crippen LogP) is 2.23. The van der Waals surface area contributed by atoms with Crippen molar-refractivity contribution in [3.05, 3.63) is 0 Å². The molecule has 1 saturated carbocycles. The molecule has 0 spiro atoms. The van der Waals surface area contributed by atoms with Gasteiger partial charge in [-0.15, -0.1) is 0 Å². The fraction of sp³-hybridized carbons (Fsp3) is 1.00. The highest BCUT2D eigenvalue weighted by atomic mass is 32.2. The molecular weight excluding hydrogens is 234 g/mol. The van der Waals surface area contributed by atoms with Gasteiger partial charge in [-0.3, -0.25) is 0 Å². The minimum Gasteiger partial charge on any atom is -0.314 e. The van der Waals surface area contributed by atoms with Crippen LogP contribution in [-0.4, -0.2) is 33.0 Å². The van der Waals surface area contributed by atoms with Gasteiger partial charge in [0.25, 0.3) is 0 Å². The molecule has 0 bridgehead atoms. The van der Waals surface area contributed by atoms with Crippen LogP contribution in [-0.2, 0) is 9.84 Å². The maximum absolute atomic E-state index is 11.2. The van der Waals surface area contributed by atoms with E-state index in [1.165, 1.54) is 38.4 Å². The molecule has 3 nitrogen and oxygen atoms in total. The third kappa shape index (κ3) is 6.41. The van der Waals surface area contributed by atoms with Crippen molar-refractivity contribution in [1.82, 2.24) is 5.32 Å². The van der Waals surface area contributed by atoms with E-state index < -0.39 is 9.84 Å². The first-order valence-electron chi connectivity index (χ1n) is 6.79. The molecule has 1 N–H and O–H groups in total. The maximum Gasteiger partial charge on any atom is 0.147 e. The molecule has 0 saturated heterocycles. The van der Waals surface area contributed by atoms with Gasteiger partial charge >= 0.3 is 0 Å². The lowest BCUT2D eigenvalue weighted by Gasteiger charge is -2.29. The average Bonchev–Trinajstić information content (AvgIpc) is 2.25.